The molecule has 2 N–H and O–H groups in total. The second-order valence-corrected chi connectivity index (χ2v) is 6.96. The molecule has 0 bridgehead atoms. The molecular weight excluding hydrogens is 350 g/mol. The third-order valence-electron chi connectivity index (χ3n) is 4.52. The first-order valence-corrected chi connectivity index (χ1v) is 9.48. The average molecular weight is 380 g/mol. The Morgan fingerprint density at radius 2 is 1.68 bits per heavy atom. The summed E-state index contributed by atoms with van der Waals surface area (Å²) in [7, 11) is 4.02. The molecule has 0 radical (unpaired) electrons. The van der Waals surface area contributed by atoms with Crippen LogP contribution in [0.15, 0.2) is 54.6 Å². The molecule has 2 aromatic carbocycles. The van der Waals surface area contributed by atoms with Crippen molar-refractivity contribution in [2.75, 3.05) is 26.0 Å². The number of anilines is 1. The lowest BCUT2D eigenvalue weighted by atomic mass is 10.0. The van der Waals surface area contributed by atoms with Gasteiger partial charge in [0.15, 0.2) is 0 Å². The largest absolute Gasteiger partial charge is 0.351 e. The molecular formula is C23H29N3O2. The number of hydrogen-bond acceptors (Lipinski definition) is 3. The summed E-state index contributed by atoms with van der Waals surface area (Å²) in [6, 6.07) is 16.0. The molecule has 0 aliphatic rings. The number of amides is 2. The molecule has 148 valence electrons. The van der Waals surface area contributed by atoms with Crippen LogP contribution in [-0.4, -0.2) is 37.4 Å². The number of aryl methyl sites for hydroxylation is 1. The van der Waals surface area contributed by atoms with Gasteiger partial charge < -0.3 is 15.5 Å². The Balaban J connectivity index is 1.93. The Morgan fingerprint density at radius 3 is 2.21 bits per heavy atom. The van der Waals surface area contributed by atoms with Gasteiger partial charge in [-0.15, -0.1) is 0 Å². The van der Waals surface area contributed by atoms with Crippen LogP contribution in [0.4, 0.5) is 5.69 Å². The van der Waals surface area contributed by atoms with E-state index < -0.39 is 0 Å². The van der Waals surface area contributed by atoms with Crippen molar-refractivity contribution in [3.05, 3.63) is 71.3 Å². The first-order chi connectivity index (χ1) is 13.4. The molecule has 2 amide bonds. The van der Waals surface area contributed by atoms with Crippen LogP contribution in [0.25, 0.3) is 6.08 Å². The maximum atomic E-state index is 12.2. The summed E-state index contributed by atoms with van der Waals surface area (Å²) >= 11 is 0. The molecule has 2 rings (SSSR count). The standard InChI is InChI=1S/C23H29N3O2/c1-5-18-6-11-20(12-7-18)22(26(3)4)16-24-23(28)15-10-19-8-13-21(14-9-19)25-17(2)27/h6-15,22H,5,16H2,1-4H3,(H,24,28)(H,25,27)/b15-10+. The molecule has 2 aromatic rings. The van der Waals surface area contributed by atoms with Crippen molar-refractivity contribution in [3.8, 4) is 0 Å². The second-order valence-electron chi connectivity index (χ2n) is 6.96. The summed E-state index contributed by atoms with van der Waals surface area (Å²) < 4.78 is 0. The van der Waals surface area contributed by atoms with Crippen molar-refractivity contribution in [3.63, 3.8) is 0 Å². The van der Waals surface area contributed by atoms with Crippen LogP contribution in [0.1, 0.15) is 36.6 Å². The molecule has 0 saturated carbocycles. The third-order valence-corrected chi connectivity index (χ3v) is 4.52. The zero-order chi connectivity index (χ0) is 20.5. The van der Waals surface area contributed by atoms with Gasteiger partial charge >= 0.3 is 0 Å². The zero-order valence-electron chi connectivity index (χ0n) is 17.0. The van der Waals surface area contributed by atoms with Crippen LogP contribution in [0.3, 0.4) is 0 Å². The lowest BCUT2D eigenvalue weighted by Crippen LogP contribution is -2.33. The molecule has 0 aromatic heterocycles. The van der Waals surface area contributed by atoms with Crippen molar-refractivity contribution >= 4 is 23.6 Å². The molecule has 5 heteroatoms. The van der Waals surface area contributed by atoms with Crippen LogP contribution in [-0.2, 0) is 16.0 Å². The van der Waals surface area contributed by atoms with Gasteiger partial charge in [0, 0.05) is 25.2 Å². The van der Waals surface area contributed by atoms with E-state index >= 15 is 0 Å². The van der Waals surface area contributed by atoms with Crippen LogP contribution in [0.2, 0.25) is 0 Å². The van der Waals surface area contributed by atoms with Crippen molar-refractivity contribution in [2.45, 2.75) is 26.3 Å². The molecule has 0 spiro atoms. The molecule has 0 aliphatic carbocycles. The van der Waals surface area contributed by atoms with E-state index in [1.165, 1.54) is 24.1 Å². The number of hydrogen-bond donors (Lipinski definition) is 2. The summed E-state index contributed by atoms with van der Waals surface area (Å²) in [5.41, 5.74) is 4.11. The monoisotopic (exact) mass is 379 g/mol. The quantitative estimate of drug-likeness (QED) is 0.689. The highest BCUT2D eigenvalue weighted by molar-refractivity contribution is 5.92. The number of carbonyl (C=O) groups excluding carboxylic acids is 2. The van der Waals surface area contributed by atoms with Gasteiger partial charge in [0.05, 0.1) is 6.04 Å². The highest BCUT2D eigenvalue weighted by atomic mass is 16.2. The maximum Gasteiger partial charge on any atom is 0.244 e. The van der Waals surface area contributed by atoms with E-state index in [-0.39, 0.29) is 17.9 Å². The van der Waals surface area contributed by atoms with Crippen molar-refractivity contribution in [1.82, 2.24) is 10.2 Å². The lowest BCUT2D eigenvalue weighted by molar-refractivity contribution is -0.116. The molecule has 0 heterocycles. The van der Waals surface area contributed by atoms with Gasteiger partial charge in [-0.05, 0) is 55.4 Å². The van der Waals surface area contributed by atoms with E-state index in [9.17, 15) is 9.59 Å². The first kappa shape index (κ1) is 21.4. The fourth-order valence-corrected chi connectivity index (χ4v) is 2.88. The predicted octanol–water partition coefficient (Wildman–Crippen LogP) is 3.64. The first-order valence-electron chi connectivity index (χ1n) is 9.48. The molecule has 0 fully saturated rings. The van der Waals surface area contributed by atoms with Crippen LogP contribution in [0.5, 0.6) is 0 Å². The van der Waals surface area contributed by atoms with E-state index in [4.69, 9.17) is 0 Å². The molecule has 1 atom stereocenters. The number of benzene rings is 2. The van der Waals surface area contributed by atoms with Crippen molar-refractivity contribution < 1.29 is 9.59 Å². The molecule has 0 saturated heterocycles. The predicted molar refractivity (Wildman–Crippen MR) is 115 cm³/mol. The van der Waals surface area contributed by atoms with E-state index in [1.807, 2.05) is 26.2 Å². The van der Waals surface area contributed by atoms with Crippen molar-refractivity contribution in [2.24, 2.45) is 0 Å². The van der Waals surface area contributed by atoms with Crippen LogP contribution in [0, 0.1) is 0 Å². The summed E-state index contributed by atoms with van der Waals surface area (Å²) in [5.74, 6) is -0.245. The van der Waals surface area contributed by atoms with Crippen LogP contribution >= 0.6 is 0 Å². The molecule has 5 nitrogen and oxygen atoms in total. The van der Waals surface area contributed by atoms with E-state index in [2.05, 4.69) is 46.7 Å². The fourth-order valence-electron chi connectivity index (χ4n) is 2.88. The number of nitrogens with zero attached hydrogens (tertiary/aromatic N) is 1. The Hall–Kier alpha value is -2.92. The Labute approximate surface area is 167 Å². The summed E-state index contributed by atoms with van der Waals surface area (Å²) in [6.45, 7) is 4.14. The molecule has 28 heavy (non-hydrogen) atoms. The maximum absolute atomic E-state index is 12.2. The number of likely N-dealkylation sites (N-methyl/N-ethyl adjacent to an activating group) is 1. The van der Waals surface area contributed by atoms with Gasteiger partial charge in [0.25, 0.3) is 0 Å². The highest BCUT2D eigenvalue weighted by Crippen LogP contribution is 2.18. The minimum absolute atomic E-state index is 0.109. The average Bonchev–Trinajstić information content (AvgIpc) is 2.67. The summed E-state index contributed by atoms with van der Waals surface area (Å²) in [5, 5.41) is 5.69. The third kappa shape index (κ3) is 6.67. The van der Waals surface area contributed by atoms with E-state index in [1.54, 1.807) is 18.2 Å². The number of rotatable bonds is 8. The Bertz CT molecular complexity index is 809. The highest BCUT2D eigenvalue weighted by Gasteiger charge is 2.14. The zero-order valence-corrected chi connectivity index (χ0v) is 17.0. The van der Waals surface area contributed by atoms with Crippen molar-refractivity contribution in [1.29, 1.82) is 0 Å². The van der Waals surface area contributed by atoms with E-state index in [0.717, 1.165) is 17.7 Å². The van der Waals surface area contributed by atoms with Gasteiger partial charge in [0.1, 0.15) is 0 Å². The van der Waals surface area contributed by atoms with E-state index in [0.29, 0.717) is 6.54 Å². The van der Waals surface area contributed by atoms with Gasteiger partial charge in [0.2, 0.25) is 11.8 Å². The van der Waals surface area contributed by atoms with Crippen LogP contribution < -0.4 is 10.6 Å². The minimum Gasteiger partial charge on any atom is -0.351 e. The minimum atomic E-state index is -0.136. The number of nitrogens with one attached hydrogen (secondary N) is 2. The summed E-state index contributed by atoms with van der Waals surface area (Å²) in [6.07, 6.45) is 4.30. The second kappa shape index (κ2) is 10.4. The SMILES string of the molecule is CCc1ccc(C(CNC(=O)/C=C/c2ccc(NC(C)=O)cc2)N(C)C)cc1. The van der Waals surface area contributed by atoms with Gasteiger partial charge in [-0.25, -0.2) is 0 Å². The lowest BCUT2D eigenvalue weighted by Gasteiger charge is -2.25. The molecule has 0 aliphatic heterocycles. The van der Waals surface area contributed by atoms with Gasteiger partial charge in [-0.1, -0.05) is 43.3 Å². The van der Waals surface area contributed by atoms with Gasteiger partial charge in [-0.2, -0.15) is 0 Å². The topological polar surface area (TPSA) is 61.4 Å². The normalized spacial score (nSPS) is 12.2. The summed E-state index contributed by atoms with van der Waals surface area (Å²) in [4.78, 5) is 25.4. The molecule has 1 unspecified atom stereocenters. The Morgan fingerprint density at radius 1 is 1.04 bits per heavy atom. The smallest absolute Gasteiger partial charge is 0.244 e. The Kier molecular flexibility index (Phi) is 7.96. The number of carbonyl (C=O) groups is 2. The van der Waals surface area contributed by atoms with Gasteiger partial charge in [-0.3, -0.25) is 9.59 Å². The fraction of sp³-hybridized carbons (Fsp3) is 0.304.